The Bertz CT molecular complexity index is 266. The number of ether oxygens (including phenoxy) is 1. The molecule has 0 atom stereocenters. The standard InChI is InChI=1S/C9H13BrN2O/c1-12(11)5-6-13-9-4-2-3-8(10)7-9/h2-4,7H,5-6,11H2,1H3. The molecule has 2 N–H and O–H groups in total. The van der Waals surface area contributed by atoms with E-state index in [1.807, 2.05) is 31.3 Å². The predicted molar refractivity (Wildman–Crippen MR) is 56.5 cm³/mol. The number of nitrogens with zero attached hydrogens (tertiary/aromatic N) is 1. The molecular weight excluding hydrogens is 232 g/mol. The fourth-order valence-corrected chi connectivity index (χ4v) is 1.24. The molecule has 0 saturated carbocycles. The zero-order valence-corrected chi connectivity index (χ0v) is 9.12. The largest absolute Gasteiger partial charge is 0.492 e. The third kappa shape index (κ3) is 4.26. The van der Waals surface area contributed by atoms with Crippen LogP contribution in [0.3, 0.4) is 0 Å². The van der Waals surface area contributed by atoms with E-state index in [1.54, 1.807) is 5.01 Å². The molecular formula is C9H13BrN2O. The molecule has 0 unspecified atom stereocenters. The molecule has 0 heterocycles. The molecule has 0 aliphatic rings. The minimum Gasteiger partial charge on any atom is -0.492 e. The Hall–Kier alpha value is -0.580. The van der Waals surface area contributed by atoms with Crippen LogP contribution in [0.1, 0.15) is 0 Å². The first-order valence-electron chi connectivity index (χ1n) is 4.02. The lowest BCUT2D eigenvalue weighted by Gasteiger charge is -2.10. The van der Waals surface area contributed by atoms with Gasteiger partial charge in [-0.2, -0.15) is 0 Å². The predicted octanol–water partition coefficient (Wildman–Crippen LogP) is 1.63. The van der Waals surface area contributed by atoms with Crippen LogP contribution in [0.2, 0.25) is 0 Å². The minimum absolute atomic E-state index is 0.601. The normalized spacial score (nSPS) is 10.5. The van der Waals surface area contributed by atoms with Gasteiger partial charge in [-0.3, -0.25) is 5.84 Å². The molecule has 0 aliphatic heterocycles. The van der Waals surface area contributed by atoms with Crippen LogP contribution in [0, 0.1) is 0 Å². The second-order valence-electron chi connectivity index (χ2n) is 2.79. The number of hydrogen-bond acceptors (Lipinski definition) is 3. The summed E-state index contributed by atoms with van der Waals surface area (Å²) in [6.45, 7) is 1.32. The molecule has 0 saturated heterocycles. The van der Waals surface area contributed by atoms with Crippen molar-refractivity contribution in [1.29, 1.82) is 0 Å². The summed E-state index contributed by atoms with van der Waals surface area (Å²) in [6, 6.07) is 7.74. The van der Waals surface area contributed by atoms with E-state index in [0.29, 0.717) is 13.2 Å². The van der Waals surface area contributed by atoms with Gasteiger partial charge in [-0.25, -0.2) is 5.01 Å². The van der Waals surface area contributed by atoms with Gasteiger partial charge in [0.05, 0.1) is 0 Å². The SMILES string of the molecule is CN(N)CCOc1cccc(Br)c1. The van der Waals surface area contributed by atoms with Crippen molar-refractivity contribution < 1.29 is 4.74 Å². The number of halogens is 1. The lowest BCUT2D eigenvalue weighted by Crippen LogP contribution is -2.30. The molecule has 1 aromatic rings. The highest BCUT2D eigenvalue weighted by Gasteiger charge is 1.95. The number of nitrogens with two attached hydrogens (primary N) is 1. The van der Waals surface area contributed by atoms with Crippen LogP contribution in [-0.2, 0) is 0 Å². The minimum atomic E-state index is 0.601. The maximum atomic E-state index is 5.45. The molecule has 1 rings (SSSR count). The van der Waals surface area contributed by atoms with E-state index in [0.717, 1.165) is 10.2 Å². The van der Waals surface area contributed by atoms with Gasteiger partial charge in [-0.15, -0.1) is 0 Å². The summed E-state index contributed by atoms with van der Waals surface area (Å²) >= 11 is 3.37. The van der Waals surface area contributed by atoms with Gasteiger partial charge >= 0.3 is 0 Å². The van der Waals surface area contributed by atoms with E-state index < -0.39 is 0 Å². The Labute approximate surface area is 86.6 Å². The summed E-state index contributed by atoms with van der Waals surface area (Å²) in [4.78, 5) is 0. The third-order valence-corrected chi connectivity index (χ3v) is 2.00. The summed E-state index contributed by atoms with van der Waals surface area (Å²) < 4.78 is 6.47. The van der Waals surface area contributed by atoms with Crippen molar-refractivity contribution in [2.24, 2.45) is 5.84 Å². The van der Waals surface area contributed by atoms with Crippen LogP contribution in [0.5, 0.6) is 5.75 Å². The topological polar surface area (TPSA) is 38.5 Å². The van der Waals surface area contributed by atoms with E-state index in [4.69, 9.17) is 10.6 Å². The second-order valence-corrected chi connectivity index (χ2v) is 3.70. The molecule has 3 nitrogen and oxygen atoms in total. The summed E-state index contributed by atoms with van der Waals surface area (Å²) in [5, 5.41) is 1.60. The van der Waals surface area contributed by atoms with Gasteiger partial charge in [-0.1, -0.05) is 22.0 Å². The van der Waals surface area contributed by atoms with E-state index >= 15 is 0 Å². The van der Waals surface area contributed by atoms with Gasteiger partial charge in [0.25, 0.3) is 0 Å². The summed E-state index contributed by atoms with van der Waals surface area (Å²) in [6.07, 6.45) is 0. The molecule has 0 spiro atoms. The third-order valence-electron chi connectivity index (χ3n) is 1.51. The van der Waals surface area contributed by atoms with Crippen molar-refractivity contribution >= 4 is 15.9 Å². The molecule has 4 heteroatoms. The molecule has 72 valence electrons. The van der Waals surface area contributed by atoms with Crippen molar-refractivity contribution in [1.82, 2.24) is 5.01 Å². The van der Waals surface area contributed by atoms with E-state index in [9.17, 15) is 0 Å². The van der Waals surface area contributed by atoms with Crippen LogP contribution in [0.25, 0.3) is 0 Å². The van der Waals surface area contributed by atoms with Crippen molar-refractivity contribution in [2.75, 3.05) is 20.2 Å². The first-order valence-corrected chi connectivity index (χ1v) is 4.82. The zero-order chi connectivity index (χ0) is 9.68. The van der Waals surface area contributed by atoms with Gasteiger partial charge in [-0.05, 0) is 18.2 Å². The first-order chi connectivity index (χ1) is 6.18. The number of hydrogen-bond donors (Lipinski definition) is 1. The number of rotatable bonds is 4. The Morgan fingerprint density at radius 1 is 1.54 bits per heavy atom. The Balaban J connectivity index is 2.37. The van der Waals surface area contributed by atoms with Crippen molar-refractivity contribution in [2.45, 2.75) is 0 Å². The Morgan fingerprint density at radius 2 is 2.31 bits per heavy atom. The van der Waals surface area contributed by atoms with Crippen LogP contribution in [-0.4, -0.2) is 25.2 Å². The molecule has 0 bridgehead atoms. The van der Waals surface area contributed by atoms with E-state index in [1.165, 1.54) is 0 Å². The smallest absolute Gasteiger partial charge is 0.120 e. The Morgan fingerprint density at radius 3 is 2.92 bits per heavy atom. The van der Waals surface area contributed by atoms with E-state index in [2.05, 4.69) is 15.9 Å². The fourth-order valence-electron chi connectivity index (χ4n) is 0.864. The van der Waals surface area contributed by atoms with Crippen LogP contribution in [0.15, 0.2) is 28.7 Å². The maximum absolute atomic E-state index is 5.45. The van der Waals surface area contributed by atoms with Crippen LogP contribution in [0.4, 0.5) is 0 Å². The Kier molecular flexibility index (Phi) is 4.21. The molecule has 0 radical (unpaired) electrons. The highest BCUT2D eigenvalue weighted by Crippen LogP contribution is 2.17. The number of benzene rings is 1. The van der Waals surface area contributed by atoms with Crippen LogP contribution >= 0.6 is 15.9 Å². The summed E-state index contributed by atoms with van der Waals surface area (Å²) in [7, 11) is 1.81. The second kappa shape index (κ2) is 5.21. The van der Waals surface area contributed by atoms with Gasteiger partial charge < -0.3 is 4.74 Å². The van der Waals surface area contributed by atoms with E-state index in [-0.39, 0.29) is 0 Å². The molecule has 13 heavy (non-hydrogen) atoms. The summed E-state index contributed by atoms with van der Waals surface area (Å²) in [5.74, 6) is 6.29. The van der Waals surface area contributed by atoms with Gasteiger partial charge in [0.15, 0.2) is 0 Å². The average molecular weight is 245 g/mol. The van der Waals surface area contributed by atoms with Crippen molar-refractivity contribution in [3.05, 3.63) is 28.7 Å². The highest BCUT2D eigenvalue weighted by atomic mass is 79.9. The number of hydrazine groups is 1. The lowest BCUT2D eigenvalue weighted by molar-refractivity contribution is 0.241. The quantitative estimate of drug-likeness (QED) is 0.647. The average Bonchev–Trinajstić information content (AvgIpc) is 2.03. The molecule has 0 fully saturated rings. The molecule has 1 aromatic carbocycles. The molecule has 0 aliphatic carbocycles. The van der Waals surface area contributed by atoms with Crippen molar-refractivity contribution in [3.63, 3.8) is 0 Å². The van der Waals surface area contributed by atoms with Gasteiger partial charge in [0.1, 0.15) is 12.4 Å². The highest BCUT2D eigenvalue weighted by molar-refractivity contribution is 9.10. The molecule has 0 amide bonds. The summed E-state index contributed by atoms with van der Waals surface area (Å²) in [5.41, 5.74) is 0. The van der Waals surface area contributed by atoms with Crippen molar-refractivity contribution in [3.8, 4) is 5.75 Å². The van der Waals surface area contributed by atoms with Crippen LogP contribution < -0.4 is 10.6 Å². The van der Waals surface area contributed by atoms with Gasteiger partial charge in [0, 0.05) is 18.1 Å². The van der Waals surface area contributed by atoms with Gasteiger partial charge in [0.2, 0.25) is 0 Å². The lowest BCUT2D eigenvalue weighted by atomic mass is 10.3. The maximum Gasteiger partial charge on any atom is 0.120 e. The number of likely N-dealkylation sites (N-methyl/N-ethyl adjacent to an activating group) is 1. The zero-order valence-electron chi connectivity index (χ0n) is 7.53. The molecule has 0 aromatic heterocycles. The first kappa shape index (κ1) is 10.5. The fraction of sp³-hybridized carbons (Fsp3) is 0.333. The monoisotopic (exact) mass is 244 g/mol.